The van der Waals surface area contributed by atoms with Gasteiger partial charge in [-0.2, -0.15) is 8.42 Å². The fourth-order valence-electron chi connectivity index (χ4n) is 1.25. The smallest absolute Gasteiger partial charge is 0.264 e. The molecule has 0 aromatic carbocycles. The van der Waals surface area contributed by atoms with Gasteiger partial charge in [-0.05, 0) is 37.5 Å². The minimum absolute atomic E-state index is 0.236. The molecule has 0 fully saturated rings. The highest BCUT2D eigenvalue weighted by atomic mass is 32.2. The van der Waals surface area contributed by atoms with Gasteiger partial charge >= 0.3 is 0 Å². The zero-order valence-corrected chi connectivity index (χ0v) is 9.75. The molecule has 0 saturated heterocycles. The first kappa shape index (κ1) is 12.1. The largest absolute Gasteiger partial charge is 0.270 e. The minimum atomic E-state index is -3.30. The lowest BCUT2D eigenvalue weighted by Gasteiger charge is -2.02. The van der Waals surface area contributed by atoms with Crippen LogP contribution in [0, 0.1) is 6.92 Å². The van der Waals surface area contributed by atoms with Crippen LogP contribution in [0.5, 0.6) is 0 Å². The Morgan fingerprint density at radius 2 is 2.20 bits per heavy atom. The summed E-state index contributed by atoms with van der Waals surface area (Å²) in [6, 6.07) is 3.91. The predicted octanol–water partition coefficient (Wildman–Crippen LogP) is 1.30. The Kier molecular flexibility index (Phi) is 4.23. The fourth-order valence-corrected chi connectivity index (χ4v) is 1.67. The van der Waals surface area contributed by atoms with Gasteiger partial charge in [-0.25, -0.2) is 0 Å². The van der Waals surface area contributed by atoms with E-state index in [0.717, 1.165) is 23.9 Å². The molecule has 4 nitrogen and oxygen atoms in total. The molecule has 0 aliphatic rings. The topological polar surface area (TPSA) is 56.3 Å². The highest BCUT2D eigenvalue weighted by molar-refractivity contribution is 7.85. The van der Waals surface area contributed by atoms with Crippen LogP contribution in [0.1, 0.15) is 17.7 Å². The zero-order chi connectivity index (χ0) is 11.3. The van der Waals surface area contributed by atoms with Crippen LogP contribution in [0.15, 0.2) is 18.3 Å². The number of aromatic nitrogens is 1. The number of hydrogen-bond acceptors (Lipinski definition) is 4. The Morgan fingerprint density at radius 1 is 1.47 bits per heavy atom. The fraction of sp³-hybridized carbons (Fsp3) is 0.500. The van der Waals surface area contributed by atoms with Crippen LogP contribution in [0.25, 0.3) is 0 Å². The highest BCUT2D eigenvalue weighted by Gasteiger charge is 2.01. The van der Waals surface area contributed by atoms with Crippen LogP contribution in [-0.4, -0.2) is 26.3 Å². The van der Waals surface area contributed by atoms with E-state index in [4.69, 9.17) is 0 Å². The lowest BCUT2D eigenvalue weighted by molar-refractivity contribution is 0.316. The summed E-state index contributed by atoms with van der Waals surface area (Å²) >= 11 is 0. The normalized spacial score (nSPS) is 11.6. The third-order valence-corrected chi connectivity index (χ3v) is 2.46. The summed E-state index contributed by atoms with van der Waals surface area (Å²) in [5, 5.41) is 0. The quantitative estimate of drug-likeness (QED) is 0.564. The van der Waals surface area contributed by atoms with Crippen molar-refractivity contribution in [1.82, 2.24) is 4.98 Å². The molecule has 1 heterocycles. The van der Waals surface area contributed by atoms with E-state index in [1.165, 1.54) is 0 Å². The van der Waals surface area contributed by atoms with Gasteiger partial charge in [0.05, 0.1) is 12.9 Å². The maximum atomic E-state index is 10.7. The van der Waals surface area contributed by atoms with E-state index in [9.17, 15) is 8.42 Å². The van der Waals surface area contributed by atoms with E-state index in [2.05, 4.69) is 9.17 Å². The van der Waals surface area contributed by atoms with Crippen molar-refractivity contribution in [2.75, 3.05) is 12.9 Å². The average molecular weight is 229 g/mol. The molecule has 0 aliphatic carbocycles. The standard InChI is InChI=1S/C10H15NO3S/c1-9-8-10(5-6-11-9)4-3-7-14-15(2,12)13/h5-6,8H,3-4,7H2,1-2H3. The molecule has 0 unspecified atom stereocenters. The molecule has 0 aliphatic heterocycles. The van der Waals surface area contributed by atoms with Crippen LogP contribution < -0.4 is 0 Å². The first-order valence-electron chi connectivity index (χ1n) is 4.73. The lowest BCUT2D eigenvalue weighted by atomic mass is 10.1. The van der Waals surface area contributed by atoms with E-state index in [1.54, 1.807) is 6.20 Å². The van der Waals surface area contributed by atoms with Crippen LogP contribution in [0.3, 0.4) is 0 Å². The number of nitrogens with zero attached hydrogens (tertiary/aromatic N) is 1. The van der Waals surface area contributed by atoms with Gasteiger partial charge < -0.3 is 0 Å². The van der Waals surface area contributed by atoms with Crippen LogP contribution in [0.2, 0.25) is 0 Å². The van der Waals surface area contributed by atoms with Crippen molar-refractivity contribution in [3.05, 3.63) is 29.6 Å². The molecular weight excluding hydrogens is 214 g/mol. The van der Waals surface area contributed by atoms with Gasteiger partial charge in [0.25, 0.3) is 10.1 Å². The molecular formula is C10H15NO3S. The van der Waals surface area contributed by atoms with Crippen molar-refractivity contribution in [3.8, 4) is 0 Å². The first-order valence-corrected chi connectivity index (χ1v) is 6.55. The van der Waals surface area contributed by atoms with Gasteiger partial charge in [-0.1, -0.05) is 0 Å². The van der Waals surface area contributed by atoms with Crippen molar-refractivity contribution < 1.29 is 12.6 Å². The molecule has 15 heavy (non-hydrogen) atoms. The van der Waals surface area contributed by atoms with Crippen molar-refractivity contribution in [2.24, 2.45) is 0 Å². The summed E-state index contributed by atoms with van der Waals surface area (Å²) in [5.41, 5.74) is 2.12. The van der Waals surface area contributed by atoms with E-state index >= 15 is 0 Å². The molecule has 0 atom stereocenters. The van der Waals surface area contributed by atoms with Crippen molar-refractivity contribution in [3.63, 3.8) is 0 Å². The summed E-state index contributed by atoms with van der Waals surface area (Å²) < 4.78 is 26.0. The Morgan fingerprint density at radius 3 is 2.80 bits per heavy atom. The minimum Gasteiger partial charge on any atom is -0.270 e. The second kappa shape index (κ2) is 5.23. The maximum absolute atomic E-state index is 10.7. The maximum Gasteiger partial charge on any atom is 0.264 e. The molecule has 0 spiro atoms. The summed E-state index contributed by atoms with van der Waals surface area (Å²) in [6.45, 7) is 2.16. The molecule has 0 amide bonds. The zero-order valence-electron chi connectivity index (χ0n) is 8.93. The van der Waals surface area contributed by atoms with Gasteiger partial charge in [0.15, 0.2) is 0 Å². The number of hydrogen-bond donors (Lipinski definition) is 0. The molecule has 1 aromatic rings. The number of pyridine rings is 1. The molecule has 1 aromatic heterocycles. The molecule has 0 bridgehead atoms. The Balaban J connectivity index is 2.32. The molecule has 0 saturated carbocycles. The Labute approximate surface area is 90.4 Å². The van der Waals surface area contributed by atoms with E-state index in [0.29, 0.717) is 6.42 Å². The third kappa shape index (κ3) is 5.49. The molecule has 0 radical (unpaired) electrons. The van der Waals surface area contributed by atoms with E-state index in [1.807, 2.05) is 19.1 Å². The number of rotatable bonds is 5. The predicted molar refractivity (Wildman–Crippen MR) is 58.1 cm³/mol. The summed E-state index contributed by atoms with van der Waals surface area (Å²) in [5.74, 6) is 0. The van der Waals surface area contributed by atoms with Gasteiger partial charge in [-0.15, -0.1) is 0 Å². The third-order valence-electron chi connectivity index (χ3n) is 1.87. The van der Waals surface area contributed by atoms with Crippen LogP contribution >= 0.6 is 0 Å². The summed E-state index contributed by atoms with van der Waals surface area (Å²) in [4.78, 5) is 4.08. The summed E-state index contributed by atoms with van der Waals surface area (Å²) in [6.07, 6.45) is 4.31. The van der Waals surface area contributed by atoms with Gasteiger partial charge in [0.1, 0.15) is 0 Å². The molecule has 5 heteroatoms. The van der Waals surface area contributed by atoms with Gasteiger partial charge in [0.2, 0.25) is 0 Å². The average Bonchev–Trinajstić information content (AvgIpc) is 2.11. The van der Waals surface area contributed by atoms with Crippen LogP contribution in [-0.2, 0) is 20.7 Å². The van der Waals surface area contributed by atoms with Gasteiger partial charge in [-0.3, -0.25) is 9.17 Å². The first-order chi connectivity index (χ1) is 6.97. The highest BCUT2D eigenvalue weighted by Crippen LogP contribution is 2.04. The van der Waals surface area contributed by atoms with Crippen molar-refractivity contribution >= 4 is 10.1 Å². The Bertz CT molecular complexity index is 414. The SMILES string of the molecule is Cc1cc(CCCOS(C)(=O)=O)ccn1. The summed E-state index contributed by atoms with van der Waals surface area (Å²) in [7, 11) is -3.30. The second-order valence-corrected chi connectivity index (χ2v) is 5.08. The van der Waals surface area contributed by atoms with Gasteiger partial charge in [0, 0.05) is 11.9 Å². The van der Waals surface area contributed by atoms with E-state index < -0.39 is 10.1 Å². The second-order valence-electron chi connectivity index (χ2n) is 3.44. The molecule has 0 N–H and O–H groups in total. The number of aryl methyl sites for hydroxylation is 2. The van der Waals surface area contributed by atoms with Crippen molar-refractivity contribution in [1.29, 1.82) is 0 Å². The monoisotopic (exact) mass is 229 g/mol. The van der Waals surface area contributed by atoms with Crippen molar-refractivity contribution in [2.45, 2.75) is 19.8 Å². The molecule has 84 valence electrons. The lowest BCUT2D eigenvalue weighted by Crippen LogP contribution is -2.05. The van der Waals surface area contributed by atoms with E-state index in [-0.39, 0.29) is 6.61 Å². The molecule has 1 rings (SSSR count). The van der Waals surface area contributed by atoms with Crippen LogP contribution in [0.4, 0.5) is 0 Å². The Hall–Kier alpha value is -0.940.